The molecule has 2 heteroatoms. The summed E-state index contributed by atoms with van der Waals surface area (Å²) in [5, 5.41) is 2.32. The molecule has 0 radical (unpaired) electrons. The topological polar surface area (TPSA) is 16.6 Å². The van der Waals surface area contributed by atoms with E-state index in [1.54, 1.807) is 0 Å². The van der Waals surface area contributed by atoms with Crippen molar-refractivity contribution in [2.45, 2.75) is 17.5 Å². The van der Waals surface area contributed by atoms with Gasteiger partial charge in [-0.1, -0.05) is 30.3 Å². The summed E-state index contributed by atoms with van der Waals surface area (Å²) in [6.07, 6.45) is 0. The Bertz CT molecular complexity index is 196. The first-order valence-electron chi connectivity index (χ1n) is 3.80. The van der Waals surface area contributed by atoms with Crippen LogP contribution in [0.15, 0.2) is 30.3 Å². The van der Waals surface area contributed by atoms with Gasteiger partial charge in [-0.05, 0) is 29.5 Å². The molecular formula is C9H13IN+. The molecule has 0 amide bonds. The Hall–Kier alpha value is -0.0900. The Morgan fingerprint density at radius 3 is 2.55 bits per heavy atom. The zero-order valence-corrected chi connectivity index (χ0v) is 8.78. The molecule has 1 rings (SSSR count). The van der Waals surface area contributed by atoms with Crippen LogP contribution in [0.2, 0.25) is 0 Å². The molecule has 0 fully saturated rings. The van der Waals surface area contributed by atoms with Gasteiger partial charge in [-0.2, -0.15) is 0 Å². The lowest BCUT2D eigenvalue weighted by Crippen LogP contribution is -2.85. The van der Waals surface area contributed by atoms with Crippen molar-refractivity contribution in [2.75, 3.05) is 0 Å². The van der Waals surface area contributed by atoms with Crippen molar-refractivity contribution in [1.82, 2.24) is 0 Å². The van der Waals surface area contributed by atoms with Crippen molar-refractivity contribution in [2.24, 2.45) is 0 Å². The molecule has 0 spiro atoms. The molecule has 0 heterocycles. The fraction of sp³-hybridized carbons (Fsp3) is 0.333. The first kappa shape index (κ1) is 9.00. The summed E-state index contributed by atoms with van der Waals surface area (Å²) >= 11 is 2.41. The predicted octanol–water partition coefficient (Wildman–Crippen LogP) is 1.53. The number of quaternary nitrogens is 1. The summed E-state index contributed by atoms with van der Waals surface area (Å²) in [5.74, 6) is 0. The van der Waals surface area contributed by atoms with Gasteiger partial charge in [-0.25, -0.2) is 0 Å². The zero-order valence-electron chi connectivity index (χ0n) is 6.63. The van der Waals surface area contributed by atoms with E-state index >= 15 is 0 Å². The van der Waals surface area contributed by atoms with Crippen LogP contribution in [0.1, 0.15) is 12.5 Å². The fourth-order valence-electron chi connectivity index (χ4n) is 0.913. The second kappa shape index (κ2) is 4.72. The van der Waals surface area contributed by atoms with Crippen LogP contribution in [0.25, 0.3) is 0 Å². The maximum Gasteiger partial charge on any atom is 0.134 e. The molecule has 0 saturated carbocycles. The van der Waals surface area contributed by atoms with E-state index in [1.807, 2.05) is 0 Å². The van der Waals surface area contributed by atoms with Gasteiger partial charge < -0.3 is 5.32 Å². The molecule has 1 aromatic carbocycles. The van der Waals surface area contributed by atoms with Crippen LogP contribution < -0.4 is 5.32 Å². The molecule has 2 N–H and O–H groups in total. The average Bonchev–Trinajstić information content (AvgIpc) is 2.03. The van der Waals surface area contributed by atoms with E-state index in [-0.39, 0.29) is 0 Å². The summed E-state index contributed by atoms with van der Waals surface area (Å²) in [5.41, 5.74) is 1.40. The third-order valence-electron chi connectivity index (χ3n) is 1.52. The Kier molecular flexibility index (Phi) is 3.86. The largest absolute Gasteiger partial charge is 0.332 e. The number of hydrogen-bond donors (Lipinski definition) is 1. The highest BCUT2D eigenvalue weighted by Gasteiger charge is 1.97. The first-order chi connectivity index (χ1) is 5.29. The van der Waals surface area contributed by atoms with E-state index < -0.39 is 0 Å². The van der Waals surface area contributed by atoms with Crippen molar-refractivity contribution in [3.8, 4) is 0 Å². The molecular weight excluding hydrogens is 249 g/mol. The van der Waals surface area contributed by atoms with Gasteiger partial charge in [0.15, 0.2) is 0 Å². The molecule has 0 bridgehead atoms. The second-order valence-electron chi connectivity index (χ2n) is 2.60. The second-order valence-corrected chi connectivity index (χ2v) is 4.57. The Morgan fingerprint density at radius 1 is 1.36 bits per heavy atom. The van der Waals surface area contributed by atoms with Crippen molar-refractivity contribution >= 4 is 22.6 Å². The minimum absolute atomic E-state index is 0.660. The van der Waals surface area contributed by atoms with Crippen LogP contribution in [0.3, 0.4) is 0 Å². The smallest absolute Gasteiger partial charge is 0.134 e. The molecule has 1 atom stereocenters. The minimum atomic E-state index is 0.660. The molecule has 0 aliphatic carbocycles. The van der Waals surface area contributed by atoms with Gasteiger partial charge in [0.25, 0.3) is 0 Å². The first-order valence-corrected chi connectivity index (χ1v) is 5.05. The quantitative estimate of drug-likeness (QED) is 0.483. The average molecular weight is 262 g/mol. The zero-order chi connectivity index (χ0) is 8.10. The molecule has 1 unspecified atom stereocenters. The molecule has 1 nitrogen and oxygen atoms in total. The summed E-state index contributed by atoms with van der Waals surface area (Å²) in [7, 11) is 0. The van der Waals surface area contributed by atoms with E-state index in [1.165, 1.54) is 5.56 Å². The maximum absolute atomic E-state index is 2.41. The van der Waals surface area contributed by atoms with Gasteiger partial charge in [-0.15, -0.1) is 0 Å². The number of nitrogens with two attached hydrogens (primary N) is 1. The SMILES string of the molecule is CC(I)[NH2+]Cc1ccccc1. The minimum Gasteiger partial charge on any atom is -0.332 e. The van der Waals surface area contributed by atoms with E-state index in [0.29, 0.717) is 4.05 Å². The van der Waals surface area contributed by atoms with Crippen LogP contribution in [0.4, 0.5) is 0 Å². The standard InChI is InChI=1S/C9H12IN/c1-8(10)11-7-9-5-3-2-4-6-9/h2-6,8,11H,7H2,1H3/p+1. The van der Waals surface area contributed by atoms with Crippen LogP contribution in [0, 0.1) is 0 Å². The van der Waals surface area contributed by atoms with Crippen LogP contribution >= 0.6 is 22.6 Å². The lowest BCUT2D eigenvalue weighted by molar-refractivity contribution is -0.675. The molecule has 0 aromatic heterocycles. The molecule has 11 heavy (non-hydrogen) atoms. The van der Waals surface area contributed by atoms with Crippen LogP contribution in [-0.2, 0) is 6.54 Å². The van der Waals surface area contributed by atoms with E-state index in [4.69, 9.17) is 0 Å². The predicted molar refractivity (Wildman–Crippen MR) is 55.6 cm³/mol. The Morgan fingerprint density at radius 2 is 2.00 bits per heavy atom. The molecule has 1 aromatic rings. The lowest BCUT2D eigenvalue weighted by Gasteiger charge is -2.02. The van der Waals surface area contributed by atoms with Crippen molar-refractivity contribution in [1.29, 1.82) is 0 Å². The highest BCUT2D eigenvalue weighted by molar-refractivity contribution is 14.1. The highest BCUT2D eigenvalue weighted by atomic mass is 127. The van der Waals surface area contributed by atoms with Crippen LogP contribution in [0.5, 0.6) is 0 Å². The van der Waals surface area contributed by atoms with Crippen molar-refractivity contribution < 1.29 is 5.32 Å². The van der Waals surface area contributed by atoms with E-state index in [2.05, 4.69) is 65.2 Å². The summed E-state index contributed by atoms with van der Waals surface area (Å²) in [6.45, 7) is 3.29. The molecule has 60 valence electrons. The van der Waals surface area contributed by atoms with Gasteiger partial charge >= 0.3 is 0 Å². The third-order valence-corrected chi connectivity index (χ3v) is 2.03. The Balaban J connectivity index is 2.39. The number of benzene rings is 1. The summed E-state index contributed by atoms with van der Waals surface area (Å²) < 4.78 is 0.660. The van der Waals surface area contributed by atoms with Crippen molar-refractivity contribution in [3.63, 3.8) is 0 Å². The normalized spacial score (nSPS) is 12.9. The maximum atomic E-state index is 2.41. The van der Waals surface area contributed by atoms with Crippen molar-refractivity contribution in [3.05, 3.63) is 35.9 Å². The number of hydrogen-bond acceptors (Lipinski definition) is 0. The number of alkyl halides is 1. The monoisotopic (exact) mass is 262 g/mol. The summed E-state index contributed by atoms with van der Waals surface area (Å²) in [4.78, 5) is 0. The molecule has 0 aliphatic rings. The molecule has 0 saturated heterocycles. The van der Waals surface area contributed by atoms with Gasteiger partial charge in [0, 0.05) is 5.56 Å². The molecule has 0 aliphatic heterocycles. The highest BCUT2D eigenvalue weighted by Crippen LogP contribution is 1.95. The van der Waals surface area contributed by atoms with Gasteiger partial charge in [0.2, 0.25) is 0 Å². The van der Waals surface area contributed by atoms with Gasteiger partial charge in [-0.3, -0.25) is 0 Å². The fourth-order valence-corrected chi connectivity index (χ4v) is 1.17. The third kappa shape index (κ3) is 3.72. The van der Waals surface area contributed by atoms with Gasteiger partial charge in [0.05, 0.1) is 0 Å². The number of halogens is 1. The number of rotatable bonds is 3. The Labute approximate surface area is 81.3 Å². The van der Waals surface area contributed by atoms with E-state index in [9.17, 15) is 0 Å². The lowest BCUT2D eigenvalue weighted by atomic mass is 10.2. The van der Waals surface area contributed by atoms with Crippen LogP contribution in [-0.4, -0.2) is 4.05 Å². The van der Waals surface area contributed by atoms with Gasteiger partial charge in [0.1, 0.15) is 10.6 Å². The summed E-state index contributed by atoms with van der Waals surface area (Å²) in [6, 6.07) is 10.5. The van der Waals surface area contributed by atoms with E-state index in [0.717, 1.165) is 6.54 Å².